The number of likely N-dealkylation sites (N-methyl/N-ethyl adjacent to an activating group) is 1. The fourth-order valence-electron chi connectivity index (χ4n) is 2.69. The zero-order valence-electron chi connectivity index (χ0n) is 16.3. The molecule has 0 saturated carbocycles. The normalized spacial score (nSPS) is 11.7. The van der Waals surface area contributed by atoms with Gasteiger partial charge in [0.15, 0.2) is 0 Å². The molecule has 0 aromatic carbocycles. The smallest absolute Gasteiger partial charge is 0.329 e. The van der Waals surface area contributed by atoms with Crippen molar-refractivity contribution in [2.45, 2.75) is 83.6 Å². The maximum absolute atomic E-state index is 12.2. The number of unbranched alkanes of at least 4 members (excludes halogenated alkanes) is 8. The van der Waals surface area contributed by atoms with Crippen LogP contribution in [0.1, 0.15) is 77.6 Å². The zero-order valence-corrected chi connectivity index (χ0v) is 16.3. The van der Waals surface area contributed by atoms with Gasteiger partial charge < -0.3 is 14.4 Å². The molecule has 0 aromatic heterocycles. The lowest BCUT2D eigenvalue weighted by molar-refractivity contribution is -0.156. The van der Waals surface area contributed by atoms with E-state index in [0.717, 1.165) is 19.3 Å². The van der Waals surface area contributed by atoms with Crippen molar-refractivity contribution < 1.29 is 23.9 Å². The molecule has 0 radical (unpaired) electrons. The van der Waals surface area contributed by atoms with E-state index in [2.05, 4.69) is 16.4 Å². The number of carbonyl (C=O) groups is 3. The van der Waals surface area contributed by atoms with Crippen LogP contribution in [-0.4, -0.2) is 50.1 Å². The van der Waals surface area contributed by atoms with Gasteiger partial charge in [0, 0.05) is 13.5 Å². The second-order valence-electron chi connectivity index (χ2n) is 6.40. The molecule has 0 aliphatic rings. The molecule has 6 heteroatoms. The van der Waals surface area contributed by atoms with Crippen LogP contribution in [0, 0.1) is 0 Å². The Morgan fingerprint density at radius 3 is 1.84 bits per heavy atom. The molecular formula is C19H35NO5. The summed E-state index contributed by atoms with van der Waals surface area (Å²) in [5.41, 5.74) is 0. The van der Waals surface area contributed by atoms with E-state index in [9.17, 15) is 14.4 Å². The van der Waals surface area contributed by atoms with E-state index in [-0.39, 0.29) is 12.3 Å². The van der Waals surface area contributed by atoms with Crippen LogP contribution in [0.5, 0.6) is 0 Å². The highest BCUT2D eigenvalue weighted by atomic mass is 16.5. The fourth-order valence-corrected chi connectivity index (χ4v) is 2.69. The first-order valence-corrected chi connectivity index (χ1v) is 9.38. The van der Waals surface area contributed by atoms with Gasteiger partial charge in [-0.3, -0.25) is 9.59 Å². The molecule has 0 N–H and O–H groups in total. The standard InChI is InChI=1S/C19H35NO5/c1-5-6-7-8-9-10-11-12-13-14-17(21)20(2)16(19(23)25-4)15-18(22)24-3/h16H,5-15H2,1-4H3/t16-/m0/s1. The van der Waals surface area contributed by atoms with Gasteiger partial charge in [0.05, 0.1) is 20.6 Å². The lowest BCUT2D eigenvalue weighted by atomic mass is 10.1. The second-order valence-corrected chi connectivity index (χ2v) is 6.40. The molecule has 0 spiro atoms. The molecule has 25 heavy (non-hydrogen) atoms. The van der Waals surface area contributed by atoms with Gasteiger partial charge in [0.1, 0.15) is 6.04 Å². The molecule has 1 amide bonds. The number of hydrogen-bond donors (Lipinski definition) is 0. The highest BCUT2D eigenvalue weighted by molar-refractivity contribution is 5.87. The van der Waals surface area contributed by atoms with Crippen LogP contribution in [0.4, 0.5) is 0 Å². The third-order valence-electron chi connectivity index (χ3n) is 4.42. The van der Waals surface area contributed by atoms with E-state index >= 15 is 0 Å². The van der Waals surface area contributed by atoms with Crippen molar-refractivity contribution in [2.75, 3.05) is 21.3 Å². The third-order valence-corrected chi connectivity index (χ3v) is 4.42. The topological polar surface area (TPSA) is 72.9 Å². The molecule has 0 aliphatic heterocycles. The lowest BCUT2D eigenvalue weighted by Gasteiger charge is -2.25. The predicted molar refractivity (Wildman–Crippen MR) is 97.1 cm³/mol. The summed E-state index contributed by atoms with van der Waals surface area (Å²) in [7, 11) is 4.02. The van der Waals surface area contributed by atoms with E-state index in [1.54, 1.807) is 0 Å². The van der Waals surface area contributed by atoms with Crippen LogP contribution >= 0.6 is 0 Å². The highest BCUT2D eigenvalue weighted by Gasteiger charge is 2.30. The van der Waals surface area contributed by atoms with Gasteiger partial charge in [-0.1, -0.05) is 58.3 Å². The van der Waals surface area contributed by atoms with Crippen LogP contribution in [0.25, 0.3) is 0 Å². The summed E-state index contributed by atoms with van der Waals surface area (Å²) < 4.78 is 9.27. The summed E-state index contributed by atoms with van der Waals surface area (Å²) in [5, 5.41) is 0. The lowest BCUT2D eigenvalue weighted by Crippen LogP contribution is -2.44. The zero-order chi connectivity index (χ0) is 19.1. The van der Waals surface area contributed by atoms with Gasteiger partial charge >= 0.3 is 11.9 Å². The molecule has 0 heterocycles. The summed E-state index contributed by atoms with van der Waals surface area (Å²) in [6, 6.07) is -0.927. The van der Waals surface area contributed by atoms with Gasteiger partial charge in [-0.2, -0.15) is 0 Å². The SMILES string of the molecule is CCCCCCCCCCCC(=O)N(C)[C@@H](CC(=O)OC)C(=O)OC. The van der Waals surface area contributed by atoms with Crippen molar-refractivity contribution in [2.24, 2.45) is 0 Å². The summed E-state index contributed by atoms with van der Waals surface area (Å²) in [6.45, 7) is 2.21. The average molecular weight is 357 g/mol. The third kappa shape index (κ3) is 10.8. The molecule has 6 nitrogen and oxygen atoms in total. The van der Waals surface area contributed by atoms with Crippen LogP contribution < -0.4 is 0 Å². The number of rotatable bonds is 14. The summed E-state index contributed by atoms with van der Waals surface area (Å²) in [6.07, 6.45) is 10.8. The average Bonchev–Trinajstić information content (AvgIpc) is 2.63. The molecule has 0 fully saturated rings. The molecule has 1 atom stereocenters. The Bertz CT molecular complexity index is 397. The maximum atomic E-state index is 12.2. The maximum Gasteiger partial charge on any atom is 0.329 e. The number of nitrogens with zero attached hydrogens (tertiary/aromatic N) is 1. The Morgan fingerprint density at radius 2 is 1.36 bits per heavy atom. The van der Waals surface area contributed by atoms with Gasteiger partial charge in [-0.15, -0.1) is 0 Å². The van der Waals surface area contributed by atoms with Crippen LogP contribution in [0.3, 0.4) is 0 Å². The minimum Gasteiger partial charge on any atom is -0.469 e. The first-order chi connectivity index (χ1) is 12.0. The predicted octanol–water partition coefficient (Wildman–Crippen LogP) is 3.47. The van der Waals surface area contributed by atoms with Crippen molar-refractivity contribution in [3.05, 3.63) is 0 Å². The quantitative estimate of drug-likeness (QED) is 0.351. The van der Waals surface area contributed by atoms with Gasteiger partial charge in [0.25, 0.3) is 0 Å². The number of hydrogen-bond acceptors (Lipinski definition) is 5. The molecular weight excluding hydrogens is 322 g/mol. The van der Waals surface area contributed by atoms with E-state index in [4.69, 9.17) is 0 Å². The first-order valence-electron chi connectivity index (χ1n) is 9.38. The van der Waals surface area contributed by atoms with E-state index in [1.165, 1.54) is 64.7 Å². The van der Waals surface area contributed by atoms with Crippen molar-refractivity contribution in [1.29, 1.82) is 0 Å². The fraction of sp³-hybridized carbons (Fsp3) is 0.842. The molecule has 146 valence electrons. The Labute approximate surface area is 152 Å². The van der Waals surface area contributed by atoms with E-state index in [1.807, 2.05) is 0 Å². The molecule has 0 aromatic rings. The Morgan fingerprint density at radius 1 is 0.840 bits per heavy atom. The molecule has 0 rings (SSSR count). The van der Waals surface area contributed by atoms with Gasteiger partial charge in [-0.25, -0.2) is 4.79 Å². The van der Waals surface area contributed by atoms with Crippen LogP contribution in [-0.2, 0) is 23.9 Å². The van der Waals surface area contributed by atoms with Crippen molar-refractivity contribution in [3.63, 3.8) is 0 Å². The van der Waals surface area contributed by atoms with E-state index < -0.39 is 18.0 Å². The number of methoxy groups -OCH3 is 2. The Kier molecular flexibility index (Phi) is 13.8. The number of carbonyl (C=O) groups excluding carboxylic acids is 3. The van der Waals surface area contributed by atoms with Gasteiger partial charge in [-0.05, 0) is 6.42 Å². The minimum atomic E-state index is -0.927. The molecule has 0 saturated heterocycles. The Balaban J connectivity index is 4.08. The number of ether oxygens (including phenoxy) is 2. The van der Waals surface area contributed by atoms with Gasteiger partial charge in [0.2, 0.25) is 5.91 Å². The summed E-state index contributed by atoms with van der Waals surface area (Å²) in [5.74, 6) is -1.30. The summed E-state index contributed by atoms with van der Waals surface area (Å²) in [4.78, 5) is 36.8. The number of esters is 2. The van der Waals surface area contributed by atoms with Crippen LogP contribution in [0.2, 0.25) is 0 Å². The monoisotopic (exact) mass is 357 g/mol. The molecule has 0 unspecified atom stereocenters. The van der Waals surface area contributed by atoms with Crippen molar-refractivity contribution in [3.8, 4) is 0 Å². The molecule has 0 aliphatic carbocycles. The largest absolute Gasteiger partial charge is 0.469 e. The van der Waals surface area contributed by atoms with Crippen molar-refractivity contribution in [1.82, 2.24) is 4.90 Å². The second kappa shape index (κ2) is 14.7. The first kappa shape index (κ1) is 23.4. The minimum absolute atomic E-state index is 0.151. The van der Waals surface area contributed by atoms with Crippen molar-refractivity contribution >= 4 is 17.8 Å². The highest BCUT2D eigenvalue weighted by Crippen LogP contribution is 2.13. The van der Waals surface area contributed by atoms with Crippen LogP contribution in [0.15, 0.2) is 0 Å². The number of amides is 1. The summed E-state index contributed by atoms with van der Waals surface area (Å²) >= 11 is 0. The van der Waals surface area contributed by atoms with E-state index in [0.29, 0.717) is 6.42 Å². The Hall–Kier alpha value is -1.59. The molecule has 0 bridgehead atoms.